The van der Waals surface area contributed by atoms with Crippen molar-refractivity contribution in [3.63, 3.8) is 0 Å². The molecule has 0 unspecified atom stereocenters. The lowest BCUT2D eigenvalue weighted by molar-refractivity contribution is -0.131. The van der Waals surface area contributed by atoms with Crippen molar-refractivity contribution < 1.29 is 19.4 Å². The number of carbonyl (C=O) groups is 2. The van der Waals surface area contributed by atoms with E-state index in [1.54, 1.807) is 6.92 Å². The molecule has 0 aromatic heterocycles. The summed E-state index contributed by atoms with van der Waals surface area (Å²) in [7, 11) is 1.45. The third kappa shape index (κ3) is 2.27. The van der Waals surface area contributed by atoms with Crippen LogP contribution in [0.25, 0.3) is 0 Å². The van der Waals surface area contributed by atoms with Crippen molar-refractivity contribution >= 4 is 27.7 Å². The molecular formula is C14H15BrO4. The van der Waals surface area contributed by atoms with Gasteiger partial charge in [-0.1, -0.05) is 0 Å². The van der Waals surface area contributed by atoms with Crippen molar-refractivity contribution in [1.82, 2.24) is 0 Å². The van der Waals surface area contributed by atoms with E-state index in [1.165, 1.54) is 7.11 Å². The highest BCUT2D eigenvalue weighted by molar-refractivity contribution is 9.10. The smallest absolute Gasteiger partial charge is 0.377 e. The van der Waals surface area contributed by atoms with Crippen LogP contribution in [0.15, 0.2) is 4.47 Å². The monoisotopic (exact) mass is 326 g/mol. The van der Waals surface area contributed by atoms with Crippen LogP contribution in [0.4, 0.5) is 0 Å². The summed E-state index contributed by atoms with van der Waals surface area (Å²) in [6, 6.07) is 0. The van der Waals surface area contributed by atoms with E-state index in [-0.39, 0.29) is 5.56 Å². The number of Topliss-reactive ketones (excluding diaryl/α,β-unsaturated/α-hetero) is 1. The highest BCUT2D eigenvalue weighted by Crippen LogP contribution is 2.41. The van der Waals surface area contributed by atoms with Crippen LogP contribution in [-0.2, 0) is 17.6 Å². The maximum Gasteiger partial charge on any atom is 0.377 e. The maximum absolute atomic E-state index is 11.9. The zero-order valence-corrected chi connectivity index (χ0v) is 12.5. The summed E-state index contributed by atoms with van der Waals surface area (Å²) < 4.78 is 5.99. The van der Waals surface area contributed by atoms with E-state index in [9.17, 15) is 9.59 Å². The van der Waals surface area contributed by atoms with Crippen LogP contribution in [-0.4, -0.2) is 24.0 Å². The molecule has 0 bridgehead atoms. The van der Waals surface area contributed by atoms with E-state index in [0.717, 1.165) is 46.8 Å². The zero-order chi connectivity index (χ0) is 14.2. The second kappa shape index (κ2) is 5.33. The lowest BCUT2D eigenvalue weighted by Crippen LogP contribution is -2.19. The summed E-state index contributed by atoms with van der Waals surface area (Å²) in [5.74, 6) is -2.03. The summed E-state index contributed by atoms with van der Waals surface area (Å²) in [6.07, 6.45) is 3.96. The zero-order valence-electron chi connectivity index (χ0n) is 10.9. The molecule has 2 rings (SSSR count). The number of rotatable bonds is 3. The molecule has 0 amide bonds. The number of ether oxygens (including phenoxy) is 1. The molecule has 1 N–H and O–H groups in total. The predicted molar refractivity (Wildman–Crippen MR) is 74.0 cm³/mol. The number of ketones is 1. The first-order valence-corrected chi connectivity index (χ1v) is 6.93. The number of hydrogen-bond donors (Lipinski definition) is 1. The fourth-order valence-corrected chi connectivity index (χ4v) is 3.50. The molecule has 19 heavy (non-hydrogen) atoms. The van der Waals surface area contributed by atoms with Gasteiger partial charge in [0, 0.05) is 0 Å². The molecule has 0 radical (unpaired) electrons. The molecule has 0 aliphatic heterocycles. The first-order valence-electron chi connectivity index (χ1n) is 6.14. The highest BCUT2D eigenvalue weighted by Gasteiger charge is 2.29. The van der Waals surface area contributed by atoms with Gasteiger partial charge in [-0.3, -0.25) is 4.79 Å². The van der Waals surface area contributed by atoms with Gasteiger partial charge in [-0.15, -0.1) is 0 Å². The Morgan fingerprint density at radius 2 is 1.79 bits per heavy atom. The van der Waals surface area contributed by atoms with Gasteiger partial charge in [0.05, 0.1) is 17.1 Å². The van der Waals surface area contributed by atoms with Crippen molar-refractivity contribution in [3.05, 3.63) is 26.7 Å². The Morgan fingerprint density at radius 1 is 1.21 bits per heavy atom. The van der Waals surface area contributed by atoms with Gasteiger partial charge >= 0.3 is 5.97 Å². The Kier molecular flexibility index (Phi) is 3.94. The minimum atomic E-state index is -1.45. The topological polar surface area (TPSA) is 63.6 Å². The van der Waals surface area contributed by atoms with Crippen molar-refractivity contribution in [2.24, 2.45) is 0 Å². The fraction of sp³-hybridized carbons (Fsp3) is 0.429. The second-order valence-electron chi connectivity index (χ2n) is 4.65. The van der Waals surface area contributed by atoms with E-state index in [4.69, 9.17) is 9.84 Å². The van der Waals surface area contributed by atoms with Crippen LogP contribution >= 0.6 is 15.9 Å². The predicted octanol–water partition coefficient (Wildman–Crippen LogP) is 2.91. The van der Waals surface area contributed by atoms with Crippen molar-refractivity contribution in [3.8, 4) is 5.75 Å². The Hall–Kier alpha value is -1.36. The third-order valence-electron chi connectivity index (χ3n) is 3.61. The average molecular weight is 327 g/mol. The number of hydrogen-bond acceptors (Lipinski definition) is 3. The highest BCUT2D eigenvalue weighted by atomic mass is 79.9. The Labute approximate surface area is 119 Å². The molecule has 0 saturated carbocycles. The molecule has 1 aromatic rings. The molecule has 1 aliphatic rings. The molecule has 102 valence electrons. The second-order valence-corrected chi connectivity index (χ2v) is 5.44. The van der Waals surface area contributed by atoms with Gasteiger partial charge in [0.15, 0.2) is 0 Å². The number of benzene rings is 1. The number of carboxylic acid groups (broad SMARTS) is 1. The minimum absolute atomic E-state index is 0.169. The van der Waals surface area contributed by atoms with Crippen molar-refractivity contribution in [2.45, 2.75) is 32.6 Å². The van der Waals surface area contributed by atoms with E-state index in [2.05, 4.69) is 15.9 Å². The summed E-state index contributed by atoms with van der Waals surface area (Å²) in [5.41, 5.74) is 3.13. The summed E-state index contributed by atoms with van der Waals surface area (Å²) in [4.78, 5) is 22.9. The fourth-order valence-electron chi connectivity index (χ4n) is 2.70. The molecule has 1 aromatic carbocycles. The third-order valence-corrected chi connectivity index (χ3v) is 4.45. The van der Waals surface area contributed by atoms with E-state index < -0.39 is 11.8 Å². The molecule has 0 atom stereocenters. The van der Waals surface area contributed by atoms with E-state index >= 15 is 0 Å². The molecule has 0 saturated heterocycles. The molecule has 1 aliphatic carbocycles. The normalized spacial score (nSPS) is 13.8. The summed E-state index contributed by atoms with van der Waals surface area (Å²) >= 11 is 3.46. The molecular weight excluding hydrogens is 312 g/mol. The first-order chi connectivity index (χ1) is 8.99. The van der Waals surface area contributed by atoms with Crippen LogP contribution < -0.4 is 4.74 Å². The first kappa shape index (κ1) is 14.1. The number of halogens is 1. The summed E-state index contributed by atoms with van der Waals surface area (Å²) in [5, 5.41) is 8.95. The van der Waals surface area contributed by atoms with E-state index in [0.29, 0.717) is 5.75 Å². The standard InChI is InChI=1S/C14H15BrO4/c1-7-8-5-3-4-6-9(8)11(15)13(19-2)10(7)12(16)14(17)18/h3-6H2,1-2H3,(H,17,18). The molecule has 5 heteroatoms. The Morgan fingerprint density at radius 3 is 2.32 bits per heavy atom. The number of aliphatic carboxylic acids is 1. The van der Waals surface area contributed by atoms with Crippen molar-refractivity contribution in [2.75, 3.05) is 7.11 Å². The van der Waals surface area contributed by atoms with Crippen LogP contribution in [0, 0.1) is 6.92 Å². The number of carboxylic acids is 1. The average Bonchev–Trinajstić information content (AvgIpc) is 2.41. The van der Waals surface area contributed by atoms with Gasteiger partial charge in [0.2, 0.25) is 0 Å². The van der Waals surface area contributed by atoms with Crippen LogP contribution in [0.3, 0.4) is 0 Å². The molecule has 0 fully saturated rings. The molecule has 4 nitrogen and oxygen atoms in total. The van der Waals surface area contributed by atoms with Gasteiger partial charge in [-0.2, -0.15) is 0 Å². The number of carbonyl (C=O) groups excluding carboxylic acids is 1. The Balaban J connectivity index is 2.75. The maximum atomic E-state index is 11.9. The molecule has 0 heterocycles. The van der Waals surface area contributed by atoms with Crippen LogP contribution in [0.5, 0.6) is 5.75 Å². The number of fused-ring (bicyclic) bond motifs is 1. The largest absolute Gasteiger partial charge is 0.495 e. The van der Waals surface area contributed by atoms with Gasteiger partial charge in [0.25, 0.3) is 5.78 Å². The SMILES string of the molecule is COc1c(Br)c2c(c(C)c1C(=O)C(=O)O)CCCC2. The Bertz CT molecular complexity index is 563. The molecule has 0 spiro atoms. The lowest BCUT2D eigenvalue weighted by atomic mass is 9.85. The van der Waals surface area contributed by atoms with Crippen LogP contribution in [0.2, 0.25) is 0 Å². The lowest BCUT2D eigenvalue weighted by Gasteiger charge is -2.24. The van der Waals surface area contributed by atoms with Gasteiger partial charge < -0.3 is 9.84 Å². The number of methoxy groups -OCH3 is 1. The van der Waals surface area contributed by atoms with Gasteiger partial charge in [0.1, 0.15) is 5.75 Å². The summed E-state index contributed by atoms with van der Waals surface area (Å²) in [6.45, 7) is 1.80. The van der Waals surface area contributed by atoms with Crippen LogP contribution in [0.1, 0.15) is 39.9 Å². The quantitative estimate of drug-likeness (QED) is 0.685. The van der Waals surface area contributed by atoms with E-state index in [1.807, 2.05) is 0 Å². The van der Waals surface area contributed by atoms with Gasteiger partial charge in [-0.25, -0.2) is 4.79 Å². The minimum Gasteiger partial charge on any atom is -0.495 e. The van der Waals surface area contributed by atoms with Crippen molar-refractivity contribution in [1.29, 1.82) is 0 Å². The van der Waals surface area contributed by atoms with Gasteiger partial charge in [-0.05, 0) is 65.2 Å².